The van der Waals surface area contributed by atoms with Gasteiger partial charge in [-0.25, -0.2) is 0 Å². The van der Waals surface area contributed by atoms with Crippen molar-refractivity contribution in [1.82, 2.24) is 0 Å². The van der Waals surface area contributed by atoms with Crippen LogP contribution in [-0.4, -0.2) is 5.43 Å². The fourth-order valence-corrected chi connectivity index (χ4v) is 0.250. The van der Waals surface area contributed by atoms with Gasteiger partial charge in [0.2, 0.25) is 0 Å². The SMILES string of the molecule is C=C[Si](=[Zr+2])C=C. The third-order valence-electron chi connectivity index (χ3n) is 0.440. The van der Waals surface area contributed by atoms with E-state index in [9.17, 15) is 0 Å². The van der Waals surface area contributed by atoms with Gasteiger partial charge in [0.25, 0.3) is 0 Å². The van der Waals surface area contributed by atoms with E-state index < -0.39 is 0 Å². The molecule has 0 spiro atoms. The molecule has 2 heteroatoms. The molecular weight excluding hydrogens is 167 g/mol. The van der Waals surface area contributed by atoms with E-state index in [1.807, 2.05) is 11.4 Å². The zero-order chi connectivity index (χ0) is 4.99. The minimum absolute atomic E-state index is 0.251. The second kappa shape index (κ2) is 3.76. The van der Waals surface area contributed by atoms with Gasteiger partial charge in [-0.15, -0.1) is 0 Å². The van der Waals surface area contributed by atoms with Crippen LogP contribution < -0.4 is 0 Å². The Labute approximate surface area is 53.3 Å². The van der Waals surface area contributed by atoms with Gasteiger partial charge < -0.3 is 0 Å². The molecule has 0 saturated carbocycles. The molecule has 0 nitrogen and oxygen atoms in total. The standard InChI is InChI=1S/C4H6Si.Zr/c1-3-5-4-2;/h3-4H,1-2H2;/q;+2. The first-order valence-electron chi connectivity index (χ1n) is 1.64. The predicted molar refractivity (Wildman–Crippen MR) is 26.1 cm³/mol. The van der Waals surface area contributed by atoms with Crippen molar-refractivity contribution in [2.45, 2.75) is 0 Å². The van der Waals surface area contributed by atoms with Crippen LogP contribution in [0.15, 0.2) is 24.6 Å². The summed E-state index contributed by atoms with van der Waals surface area (Å²) in [6, 6.07) is 0. The van der Waals surface area contributed by atoms with Gasteiger partial charge in [0, 0.05) is 0 Å². The molecule has 6 heavy (non-hydrogen) atoms. The Kier molecular flexibility index (Phi) is 4.12. The molecule has 0 N–H and O–H groups in total. The number of rotatable bonds is 2. The Balaban J connectivity index is 3.52. The third kappa shape index (κ3) is 2.80. The Morgan fingerprint density at radius 3 is 1.67 bits per heavy atom. The molecule has 0 aliphatic heterocycles. The predicted octanol–water partition coefficient (Wildman–Crippen LogP) is 0.975. The molecule has 0 heterocycles. The van der Waals surface area contributed by atoms with Crippen LogP contribution in [0.25, 0.3) is 0 Å². The summed E-state index contributed by atoms with van der Waals surface area (Å²) in [5.41, 5.74) is 3.74. The van der Waals surface area contributed by atoms with Crippen molar-refractivity contribution in [3.63, 3.8) is 0 Å². The van der Waals surface area contributed by atoms with Crippen molar-refractivity contribution in [2.75, 3.05) is 0 Å². The number of hydrogen-bond donors (Lipinski definition) is 0. The summed E-state index contributed by atoms with van der Waals surface area (Å²) < 4.78 is 0. The molecule has 0 aromatic rings. The molecular formula is C4H6SiZr+2. The fraction of sp³-hybridized carbons (Fsp3) is 0. The van der Waals surface area contributed by atoms with E-state index in [-0.39, 0.29) is 5.43 Å². The fourth-order valence-electron chi connectivity index (χ4n) is 0.0833. The first-order valence-corrected chi connectivity index (χ1v) is 6.99. The quantitative estimate of drug-likeness (QED) is 0.546. The first kappa shape index (κ1) is 6.58. The van der Waals surface area contributed by atoms with Crippen molar-refractivity contribution < 1.29 is 23.3 Å². The Hall–Kier alpha value is 0.580. The monoisotopic (exact) mass is 172 g/mol. The summed E-state index contributed by atoms with van der Waals surface area (Å²) in [5, 5.41) is 0. The van der Waals surface area contributed by atoms with Crippen LogP contribution >= 0.6 is 0 Å². The van der Waals surface area contributed by atoms with Crippen LogP contribution in [0.2, 0.25) is 0 Å². The van der Waals surface area contributed by atoms with Gasteiger partial charge in [0.15, 0.2) is 0 Å². The van der Waals surface area contributed by atoms with E-state index in [1.54, 1.807) is 23.3 Å². The van der Waals surface area contributed by atoms with Gasteiger partial charge in [-0.05, 0) is 0 Å². The summed E-state index contributed by atoms with van der Waals surface area (Å²) in [6.07, 6.45) is 0. The van der Waals surface area contributed by atoms with E-state index >= 15 is 0 Å². The minimum atomic E-state index is -0.251. The Morgan fingerprint density at radius 2 is 1.67 bits per heavy atom. The zero-order valence-electron chi connectivity index (χ0n) is 3.57. The maximum absolute atomic E-state index is 3.63. The molecule has 0 radical (unpaired) electrons. The molecule has 0 atom stereocenters. The van der Waals surface area contributed by atoms with Crippen LogP contribution in [0.4, 0.5) is 0 Å². The van der Waals surface area contributed by atoms with E-state index in [2.05, 4.69) is 13.2 Å². The zero-order valence-corrected chi connectivity index (χ0v) is 7.03. The van der Waals surface area contributed by atoms with Crippen molar-refractivity contribution in [1.29, 1.82) is 0 Å². The summed E-state index contributed by atoms with van der Waals surface area (Å²) in [7, 11) is 0. The average molecular weight is 173 g/mol. The van der Waals surface area contributed by atoms with Gasteiger partial charge in [-0.3, -0.25) is 0 Å². The second-order valence-electron chi connectivity index (χ2n) is 0.864. The average Bonchev–Trinajstić information content (AvgIpc) is 1.65. The molecule has 0 aromatic carbocycles. The van der Waals surface area contributed by atoms with Crippen LogP contribution in [0.1, 0.15) is 0 Å². The molecule has 0 rings (SSSR count). The van der Waals surface area contributed by atoms with E-state index in [4.69, 9.17) is 0 Å². The molecule has 0 saturated heterocycles. The Bertz CT molecular complexity index is 75.5. The second-order valence-corrected chi connectivity index (χ2v) is 6.85. The Morgan fingerprint density at radius 1 is 1.33 bits per heavy atom. The number of hydrogen-bond acceptors (Lipinski definition) is 0. The van der Waals surface area contributed by atoms with E-state index in [0.717, 1.165) is 0 Å². The van der Waals surface area contributed by atoms with Gasteiger partial charge in [0.1, 0.15) is 0 Å². The van der Waals surface area contributed by atoms with Crippen LogP contribution in [-0.2, 0) is 23.3 Å². The van der Waals surface area contributed by atoms with Crippen molar-refractivity contribution in [3.05, 3.63) is 24.6 Å². The van der Waals surface area contributed by atoms with Gasteiger partial charge in [-0.1, -0.05) is 0 Å². The summed E-state index contributed by atoms with van der Waals surface area (Å²) >= 11 is 1.57. The van der Waals surface area contributed by atoms with Crippen molar-refractivity contribution in [2.24, 2.45) is 0 Å². The molecule has 0 fully saturated rings. The third-order valence-corrected chi connectivity index (χ3v) is 4.33. The summed E-state index contributed by atoms with van der Waals surface area (Å²) in [5.74, 6) is 0. The topological polar surface area (TPSA) is 0 Å². The van der Waals surface area contributed by atoms with Crippen molar-refractivity contribution >= 4 is 5.43 Å². The molecule has 0 bridgehead atoms. The molecule has 0 aromatic heterocycles. The first-order chi connectivity index (χ1) is 2.81. The summed E-state index contributed by atoms with van der Waals surface area (Å²) in [6.45, 7) is 7.26. The molecule has 0 amide bonds. The van der Waals surface area contributed by atoms with E-state index in [0.29, 0.717) is 0 Å². The maximum atomic E-state index is 3.63. The molecule has 0 unspecified atom stereocenters. The summed E-state index contributed by atoms with van der Waals surface area (Å²) in [4.78, 5) is 0. The van der Waals surface area contributed by atoms with Gasteiger partial charge in [0.05, 0.1) is 0 Å². The van der Waals surface area contributed by atoms with Crippen LogP contribution in [0.5, 0.6) is 0 Å². The normalized spacial score (nSPS) is 7.00. The molecule has 28 valence electrons. The van der Waals surface area contributed by atoms with Gasteiger partial charge in [-0.2, -0.15) is 0 Å². The van der Waals surface area contributed by atoms with Crippen LogP contribution in [0, 0.1) is 0 Å². The van der Waals surface area contributed by atoms with Crippen molar-refractivity contribution in [3.8, 4) is 0 Å². The molecule has 0 aliphatic rings. The van der Waals surface area contributed by atoms with Gasteiger partial charge >= 0.3 is 53.3 Å². The van der Waals surface area contributed by atoms with Crippen LogP contribution in [0.3, 0.4) is 0 Å². The van der Waals surface area contributed by atoms with E-state index in [1.165, 1.54) is 0 Å². The molecule has 0 aliphatic carbocycles.